The smallest absolute Gasteiger partial charge is 0.312 e. The molecule has 2 nitrogen and oxygen atoms in total. The number of hydrogen-bond acceptors (Lipinski definition) is 2. The van der Waals surface area contributed by atoms with Crippen molar-refractivity contribution in [2.24, 2.45) is 0 Å². The highest BCUT2D eigenvalue weighted by molar-refractivity contribution is 5.77. The lowest BCUT2D eigenvalue weighted by atomic mass is 9.97. The van der Waals surface area contributed by atoms with Gasteiger partial charge in [-0.15, -0.1) is 0 Å². The average molecular weight is 178 g/mol. The molecule has 70 valence electrons. The lowest BCUT2D eigenvalue weighted by molar-refractivity contribution is -0.142. The van der Waals surface area contributed by atoms with Crippen LogP contribution in [0.25, 0.3) is 0 Å². The van der Waals surface area contributed by atoms with Gasteiger partial charge in [-0.2, -0.15) is 0 Å². The SMILES string of the molecule is COC(=O)[C@@H](C)c1ccccc1C. The number of carbonyl (C=O) groups is 1. The van der Waals surface area contributed by atoms with Crippen molar-refractivity contribution in [3.8, 4) is 0 Å². The number of benzene rings is 1. The van der Waals surface area contributed by atoms with Crippen LogP contribution >= 0.6 is 0 Å². The zero-order valence-electron chi connectivity index (χ0n) is 8.20. The fourth-order valence-corrected chi connectivity index (χ4v) is 1.38. The zero-order valence-corrected chi connectivity index (χ0v) is 8.20. The van der Waals surface area contributed by atoms with E-state index in [-0.39, 0.29) is 11.9 Å². The minimum atomic E-state index is -0.186. The van der Waals surface area contributed by atoms with E-state index in [2.05, 4.69) is 4.74 Å². The Morgan fingerprint density at radius 1 is 1.38 bits per heavy atom. The molecule has 0 aromatic heterocycles. The van der Waals surface area contributed by atoms with Crippen molar-refractivity contribution in [2.75, 3.05) is 7.11 Å². The van der Waals surface area contributed by atoms with Gasteiger partial charge >= 0.3 is 5.97 Å². The van der Waals surface area contributed by atoms with Gasteiger partial charge in [-0.25, -0.2) is 0 Å². The van der Waals surface area contributed by atoms with E-state index in [0.29, 0.717) is 0 Å². The van der Waals surface area contributed by atoms with E-state index in [4.69, 9.17) is 0 Å². The van der Waals surface area contributed by atoms with Crippen LogP contribution in [0.15, 0.2) is 24.3 Å². The van der Waals surface area contributed by atoms with Crippen molar-refractivity contribution < 1.29 is 9.53 Å². The van der Waals surface area contributed by atoms with Crippen LogP contribution < -0.4 is 0 Å². The van der Waals surface area contributed by atoms with Crippen molar-refractivity contribution in [3.63, 3.8) is 0 Å². The summed E-state index contributed by atoms with van der Waals surface area (Å²) < 4.78 is 4.68. The van der Waals surface area contributed by atoms with E-state index in [1.807, 2.05) is 38.1 Å². The van der Waals surface area contributed by atoms with Crippen LogP contribution in [0, 0.1) is 6.92 Å². The van der Waals surface area contributed by atoms with Crippen LogP contribution in [0.1, 0.15) is 24.0 Å². The molecule has 1 rings (SSSR count). The van der Waals surface area contributed by atoms with Gasteiger partial charge in [-0.3, -0.25) is 4.79 Å². The molecule has 0 unspecified atom stereocenters. The van der Waals surface area contributed by atoms with Gasteiger partial charge in [-0.05, 0) is 25.0 Å². The van der Waals surface area contributed by atoms with E-state index in [9.17, 15) is 4.79 Å². The molecule has 0 aliphatic carbocycles. The molecule has 1 atom stereocenters. The largest absolute Gasteiger partial charge is 0.469 e. The number of methoxy groups -OCH3 is 1. The van der Waals surface area contributed by atoms with Gasteiger partial charge in [0, 0.05) is 0 Å². The second-order valence-corrected chi connectivity index (χ2v) is 3.10. The normalized spacial score (nSPS) is 12.2. The molecule has 0 radical (unpaired) electrons. The van der Waals surface area contributed by atoms with Gasteiger partial charge in [0.1, 0.15) is 0 Å². The molecular formula is C11H14O2. The highest BCUT2D eigenvalue weighted by atomic mass is 16.5. The van der Waals surface area contributed by atoms with E-state index in [1.54, 1.807) is 0 Å². The first kappa shape index (κ1) is 9.78. The Labute approximate surface area is 78.5 Å². The molecule has 0 aliphatic heterocycles. The standard InChI is InChI=1S/C11H14O2/c1-8-6-4-5-7-10(8)9(2)11(12)13-3/h4-7,9H,1-3H3/t9-/m0/s1. The number of hydrogen-bond donors (Lipinski definition) is 0. The number of carbonyl (C=O) groups excluding carboxylic acids is 1. The predicted octanol–water partition coefficient (Wildman–Crippen LogP) is 2.27. The molecule has 0 amide bonds. The maximum atomic E-state index is 11.2. The summed E-state index contributed by atoms with van der Waals surface area (Å²) in [7, 11) is 1.41. The average Bonchev–Trinajstić information content (AvgIpc) is 2.16. The molecule has 0 heterocycles. The van der Waals surface area contributed by atoms with Gasteiger partial charge in [0.05, 0.1) is 13.0 Å². The highest BCUT2D eigenvalue weighted by Gasteiger charge is 2.16. The molecule has 0 saturated heterocycles. The van der Waals surface area contributed by atoms with Crippen LogP contribution in [-0.2, 0) is 9.53 Å². The fourth-order valence-electron chi connectivity index (χ4n) is 1.38. The van der Waals surface area contributed by atoms with Gasteiger partial charge in [-0.1, -0.05) is 24.3 Å². The molecule has 2 heteroatoms. The maximum Gasteiger partial charge on any atom is 0.312 e. The second kappa shape index (κ2) is 4.08. The molecule has 1 aromatic rings. The molecule has 0 spiro atoms. The lowest BCUT2D eigenvalue weighted by Gasteiger charge is -2.11. The third-order valence-corrected chi connectivity index (χ3v) is 2.21. The van der Waals surface area contributed by atoms with Crippen molar-refractivity contribution in [3.05, 3.63) is 35.4 Å². The summed E-state index contributed by atoms with van der Waals surface area (Å²) in [6, 6.07) is 7.84. The molecule has 0 N–H and O–H groups in total. The molecular weight excluding hydrogens is 164 g/mol. The van der Waals surface area contributed by atoms with E-state index in [0.717, 1.165) is 11.1 Å². The summed E-state index contributed by atoms with van der Waals surface area (Å²) in [4.78, 5) is 11.2. The van der Waals surface area contributed by atoms with E-state index < -0.39 is 0 Å². The minimum Gasteiger partial charge on any atom is -0.469 e. The Kier molecular flexibility index (Phi) is 3.07. The Morgan fingerprint density at radius 3 is 2.54 bits per heavy atom. The molecule has 0 aliphatic rings. The summed E-state index contributed by atoms with van der Waals surface area (Å²) in [6.45, 7) is 3.85. The maximum absolute atomic E-state index is 11.2. The molecule has 0 bridgehead atoms. The van der Waals surface area contributed by atoms with Gasteiger partial charge in [0.2, 0.25) is 0 Å². The van der Waals surface area contributed by atoms with Gasteiger partial charge in [0.15, 0.2) is 0 Å². The summed E-state index contributed by atoms with van der Waals surface area (Å²) in [5, 5.41) is 0. The molecule has 13 heavy (non-hydrogen) atoms. The number of aryl methyl sites for hydroxylation is 1. The van der Waals surface area contributed by atoms with Gasteiger partial charge in [0.25, 0.3) is 0 Å². The first-order valence-electron chi connectivity index (χ1n) is 4.30. The molecule has 0 fully saturated rings. The molecule has 0 saturated carbocycles. The Bertz CT molecular complexity index is 305. The van der Waals surface area contributed by atoms with Crippen LogP contribution in [-0.4, -0.2) is 13.1 Å². The summed E-state index contributed by atoms with van der Waals surface area (Å²) >= 11 is 0. The summed E-state index contributed by atoms with van der Waals surface area (Å²) in [5.41, 5.74) is 2.16. The van der Waals surface area contributed by atoms with Crippen LogP contribution in [0.2, 0.25) is 0 Å². The second-order valence-electron chi connectivity index (χ2n) is 3.10. The molecule has 1 aromatic carbocycles. The van der Waals surface area contributed by atoms with Crippen molar-refractivity contribution in [2.45, 2.75) is 19.8 Å². The summed E-state index contributed by atoms with van der Waals surface area (Å²) in [5.74, 6) is -0.361. The van der Waals surface area contributed by atoms with Crippen molar-refractivity contribution >= 4 is 5.97 Å². The van der Waals surface area contributed by atoms with Crippen molar-refractivity contribution in [1.82, 2.24) is 0 Å². The number of esters is 1. The first-order valence-corrected chi connectivity index (χ1v) is 4.30. The Balaban J connectivity index is 2.95. The Morgan fingerprint density at radius 2 is 2.00 bits per heavy atom. The van der Waals surface area contributed by atoms with Crippen molar-refractivity contribution in [1.29, 1.82) is 0 Å². The number of ether oxygens (including phenoxy) is 1. The van der Waals surface area contributed by atoms with Crippen LogP contribution in [0.5, 0.6) is 0 Å². The van der Waals surface area contributed by atoms with Gasteiger partial charge < -0.3 is 4.74 Å². The lowest BCUT2D eigenvalue weighted by Crippen LogP contribution is -2.11. The number of rotatable bonds is 2. The predicted molar refractivity (Wildman–Crippen MR) is 51.6 cm³/mol. The Hall–Kier alpha value is -1.31. The first-order chi connectivity index (χ1) is 6.16. The monoisotopic (exact) mass is 178 g/mol. The quantitative estimate of drug-likeness (QED) is 0.649. The minimum absolute atomic E-state index is 0.175. The van der Waals surface area contributed by atoms with Crippen LogP contribution in [0.4, 0.5) is 0 Å². The third kappa shape index (κ3) is 2.08. The highest BCUT2D eigenvalue weighted by Crippen LogP contribution is 2.19. The summed E-state index contributed by atoms with van der Waals surface area (Å²) in [6.07, 6.45) is 0. The zero-order chi connectivity index (χ0) is 9.84. The van der Waals surface area contributed by atoms with E-state index >= 15 is 0 Å². The topological polar surface area (TPSA) is 26.3 Å². The van der Waals surface area contributed by atoms with Crippen LogP contribution in [0.3, 0.4) is 0 Å². The fraction of sp³-hybridized carbons (Fsp3) is 0.364. The third-order valence-electron chi connectivity index (χ3n) is 2.21. The van der Waals surface area contributed by atoms with E-state index in [1.165, 1.54) is 7.11 Å².